The molecular formula is C26H26ClN3O2S. The number of nitrogens with one attached hydrogen (secondary N) is 1. The van der Waals surface area contributed by atoms with E-state index in [0.717, 1.165) is 51.9 Å². The van der Waals surface area contributed by atoms with Crippen LogP contribution in [-0.4, -0.2) is 29.1 Å². The van der Waals surface area contributed by atoms with Crippen molar-refractivity contribution in [3.8, 4) is 33.4 Å². The lowest BCUT2D eigenvalue weighted by Crippen LogP contribution is -2.24. The first-order valence-corrected chi connectivity index (χ1v) is 12.1. The Morgan fingerprint density at radius 2 is 1.94 bits per heavy atom. The van der Waals surface area contributed by atoms with Crippen LogP contribution < -0.4 is 10.1 Å². The molecule has 1 amide bonds. The van der Waals surface area contributed by atoms with E-state index in [4.69, 9.17) is 21.3 Å². The standard InChI is InChI=1S/C26H26ClN3O2S/c1-4-5-14-28-25(31)21-15-24(30(17(21)2)18-10-12-19(32-3)13-11-18)23-16-33-26(29-23)20-8-6-7-9-22(20)27/h6-13,15-16H,4-5,14H2,1-3H3,(H,28,31). The van der Waals surface area contributed by atoms with Gasteiger partial charge in [0, 0.05) is 28.9 Å². The molecule has 0 aliphatic carbocycles. The third kappa shape index (κ3) is 4.82. The molecule has 2 aromatic heterocycles. The van der Waals surface area contributed by atoms with Gasteiger partial charge in [0.05, 0.1) is 29.1 Å². The maximum atomic E-state index is 13.0. The molecule has 0 saturated carbocycles. The van der Waals surface area contributed by atoms with E-state index in [0.29, 0.717) is 17.1 Å². The number of hydrogen-bond acceptors (Lipinski definition) is 4. The van der Waals surface area contributed by atoms with Gasteiger partial charge in [-0.05, 0) is 49.7 Å². The van der Waals surface area contributed by atoms with Gasteiger partial charge in [-0.25, -0.2) is 4.98 Å². The van der Waals surface area contributed by atoms with E-state index in [2.05, 4.69) is 16.8 Å². The predicted molar refractivity (Wildman–Crippen MR) is 136 cm³/mol. The lowest BCUT2D eigenvalue weighted by molar-refractivity contribution is 0.0952. The normalized spacial score (nSPS) is 10.9. The van der Waals surface area contributed by atoms with Crippen LogP contribution in [0.4, 0.5) is 0 Å². The molecule has 0 fully saturated rings. The molecule has 2 aromatic carbocycles. The Labute approximate surface area is 203 Å². The van der Waals surface area contributed by atoms with Crippen LogP contribution >= 0.6 is 22.9 Å². The number of thiazole rings is 1. The van der Waals surface area contributed by atoms with Crippen molar-refractivity contribution in [3.63, 3.8) is 0 Å². The van der Waals surface area contributed by atoms with Crippen LogP contribution in [0.15, 0.2) is 60.0 Å². The number of ether oxygens (including phenoxy) is 1. The van der Waals surface area contributed by atoms with Gasteiger partial charge in [0.15, 0.2) is 0 Å². The fourth-order valence-corrected chi connectivity index (χ4v) is 4.85. The van der Waals surface area contributed by atoms with Crippen molar-refractivity contribution in [2.75, 3.05) is 13.7 Å². The van der Waals surface area contributed by atoms with Crippen molar-refractivity contribution in [1.29, 1.82) is 0 Å². The molecular weight excluding hydrogens is 454 g/mol. The molecule has 5 nitrogen and oxygen atoms in total. The first-order valence-electron chi connectivity index (χ1n) is 10.9. The Morgan fingerprint density at radius 1 is 1.18 bits per heavy atom. The summed E-state index contributed by atoms with van der Waals surface area (Å²) in [6.07, 6.45) is 1.98. The Morgan fingerprint density at radius 3 is 2.64 bits per heavy atom. The van der Waals surface area contributed by atoms with Crippen LogP contribution in [0, 0.1) is 6.92 Å². The first-order chi connectivity index (χ1) is 16.0. The molecule has 1 N–H and O–H groups in total. The molecule has 0 unspecified atom stereocenters. The van der Waals surface area contributed by atoms with Crippen LogP contribution in [0.3, 0.4) is 0 Å². The molecule has 0 spiro atoms. The Balaban J connectivity index is 1.80. The highest BCUT2D eigenvalue weighted by Gasteiger charge is 2.21. The number of methoxy groups -OCH3 is 1. The second-order valence-electron chi connectivity index (χ2n) is 7.69. The zero-order valence-electron chi connectivity index (χ0n) is 18.9. The van der Waals surface area contributed by atoms with Crippen molar-refractivity contribution in [2.24, 2.45) is 0 Å². The van der Waals surface area contributed by atoms with Crippen LogP contribution in [0.1, 0.15) is 35.8 Å². The van der Waals surface area contributed by atoms with Gasteiger partial charge in [-0.3, -0.25) is 4.79 Å². The minimum atomic E-state index is -0.0731. The summed E-state index contributed by atoms with van der Waals surface area (Å²) in [6, 6.07) is 17.4. The summed E-state index contributed by atoms with van der Waals surface area (Å²) in [5.41, 5.74) is 4.98. The van der Waals surface area contributed by atoms with Gasteiger partial charge in [0.1, 0.15) is 10.8 Å². The van der Waals surface area contributed by atoms with Gasteiger partial charge in [0.2, 0.25) is 0 Å². The van der Waals surface area contributed by atoms with E-state index in [9.17, 15) is 4.79 Å². The van der Waals surface area contributed by atoms with Gasteiger partial charge in [-0.15, -0.1) is 11.3 Å². The summed E-state index contributed by atoms with van der Waals surface area (Å²) < 4.78 is 7.38. The van der Waals surface area contributed by atoms with E-state index >= 15 is 0 Å². The molecule has 0 saturated heterocycles. The zero-order valence-corrected chi connectivity index (χ0v) is 20.5. The SMILES string of the molecule is CCCCNC(=O)c1cc(-c2csc(-c3ccccc3Cl)n2)n(-c2ccc(OC)cc2)c1C. The van der Waals surface area contributed by atoms with Gasteiger partial charge in [-0.1, -0.05) is 43.1 Å². The van der Waals surface area contributed by atoms with Crippen molar-refractivity contribution >= 4 is 28.8 Å². The smallest absolute Gasteiger partial charge is 0.253 e. The molecule has 33 heavy (non-hydrogen) atoms. The summed E-state index contributed by atoms with van der Waals surface area (Å²) >= 11 is 7.93. The summed E-state index contributed by atoms with van der Waals surface area (Å²) in [5.74, 6) is 0.702. The fourth-order valence-electron chi connectivity index (χ4n) is 3.71. The largest absolute Gasteiger partial charge is 0.497 e. The molecule has 0 aliphatic rings. The number of aromatic nitrogens is 2. The van der Waals surface area contributed by atoms with E-state index in [-0.39, 0.29) is 5.91 Å². The monoisotopic (exact) mass is 479 g/mol. The summed E-state index contributed by atoms with van der Waals surface area (Å²) in [6.45, 7) is 4.73. The third-order valence-electron chi connectivity index (χ3n) is 5.51. The first kappa shape index (κ1) is 23.1. The molecule has 0 bridgehead atoms. The average Bonchev–Trinajstić information content (AvgIpc) is 3.44. The zero-order chi connectivity index (χ0) is 23.4. The van der Waals surface area contributed by atoms with Crippen LogP contribution in [0.2, 0.25) is 5.02 Å². The maximum absolute atomic E-state index is 13.0. The van der Waals surface area contributed by atoms with Gasteiger partial charge >= 0.3 is 0 Å². The minimum Gasteiger partial charge on any atom is -0.497 e. The highest BCUT2D eigenvalue weighted by Crippen LogP contribution is 2.35. The number of unbranched alkanes of at least 4 members (excludes halogenated alkanes) is 1. The molecule has 170 valence electrons. The van der Waals surface area contributed by atoms with Crippen LogP contribution in [0.25, 0.3) is 27.6 Å². The summed E-state index contributed by atoms with van der Waals surface area (Å²) in [5, 5.41) is 6.54. The number of carbonyl (C=O) groups is 1. The molecule has 4 aromatic rings. The Kier molecular flexibility index (Phi) is 7.16. The molecule has 4 rings (SSSR count). The van der Waals surface area contributed by atoms with E-state index in [1.165, 1.54) is 11.3 Å². The van der Waals surface area contributed by atoms with E-state index in [1.54, 1.807) is 7.11 Å². The van der Waals surface area contributed by atoms with Crippen molar-refractivity contribution < 1.29 is 9.53 Å². The number of nitrogens with zero attached hydrogens (tertiary/aromatic N) is 2. The van der Waals surface area contributed by atoms with Crippen LogP contribution in [0.5, 0.6) is 5.75 Å². The number of amides is 1. The maximum Gasteiger partial charge on any atom is 0.253 e. The Bertz CT molecular complexity index is 1260. The van der Waals surface area contributed by atoms with Crippen molar-refractivity contribution in [1.82, 2.24) is 14.9 Å². The molecule has 0 atom stereocenters. The summed E-state index contributed by atoms with van der Waals surface area (Å²) in [7, 11) is 1.64. The van der Waals surface area contributed by atoms with E-state index < -0.39 is 0 Å². The quantitative estimate of drug-likeness (QED) is 0.284. The summed E-state index contributed by atoms with van der Waals surface area (Å²) in [4.78, 5) is 17.8. The molecule has 0 radical (unpaired) electrons. The average molecular weight is 480 g/mol. The second kappa shape index (κ2) is 10.2. The fraction of sp³-hybridized carbons (Fsp3) is 0.231. The highest BCUT2D eigenvalue weighted by molar-refractivity contribution is 7.13. The number of benzene rings is 2. The third-order valence-corrected chi connectivity index (χ3v) is 6.71. The van der Waals surface area contributed by atoms with Crippen LogP contribution in [-0.2, 0) is 0 Å². The number of rotatable bonds is 8. The lowest BCUT2D eigenvalue weighted by Gasteiger charge is -2.12. The van der Waals surface area contributed by atoms with Gasteiger partial charge in [0.25, 0.3) is 5.91 Å². The number of halogens is 1. The Hall–Kier alpha value is -3.09. The van der Waals surface area contributed by atoms with Gasteiger partial charge < -0.3 is 14.6 Å². The lowest BCUT2D eigenvalue weighted by atomic mass is 10.2. The van der Waals surface area contributed by atoms with Crippen molar-refractivity contribution in [2.45, 2.75) is 26.7 Å². The second-order valence-corrected chi connectivity index (χ2v) is 8.95. The van der Waals surface area contributed by atoms with Gasteiger partial charge in [-0.2, -0.15) is 0 Å². The predicted octanol–water partition coefficient (Wildman–Crippen LogP) is 6.77. The number of carbonyl (C=O) groups excluding carboxylic acids is 1. The number of hydrogen-bond donors (Lipinski definition) is 1. The van der Waals surface area contributed by atoms with Crippen molar-refractivity contribution in [3.05, 3.63) is 76.3 Å². The molecule has 0 aliphatic heterocycles. The van der Waals surface area contributed by atoms with E-state index in [1.807, 2.05) is 66.9 Å². The highest BCUT2D eigenvalue weighted by atomic mass is 35.5. The topological polar surface area (TPSA) is 56.2 Å². The molecule has 2 heterocycles. The molecule has 7 heteroatoms. The minimum absolute atomic E-state index is 0.0731.